The van der Waals surface area contributed by atoms with Crippen LogP contribution in [0.3, 0.4) is 0 Å². The molecule has 122 valence electrons. The maximum absolute atomic E-state index is 11.7. The number of esters is 1. The van der Waals surface area contributed by atoms with E-state index in [-0.39, 0.29) is 18.2 Å². The first-order chi connectivity index (χ1) is 10.1. The minimum absolute atomic E-state index is 0.213. The van der Waals surface area contributed by atoms with Gasteiger partial charge in [-0.3, -0.25) is 0 Å². The summed E-state index contributed by atoms with van der Waals surface area (Å²) in [5, 5.41) is 10.2. The molecule has 2 fully saturated rings. The lowest BCUT2D eigenvalue weighted by molar-refractivity contribution is -0.157. The zero-order chi connectivity index (χ0) is 15.3. The van der Waals surface area contributed by atoms with Crippen molar-refractivity contribution in [1.29, 1.82) is 0 Å². The van der Waals surface area contributed by atoms with E-state index in [0.717, 1.165) is 12.8 Å². The molecule has 2 aliphatic heterocycles. The van der Waals surface area contributed by atoms with Crippen molar-refractivity contribution in [2.24, 2.45) is 0 Å². The van der Waals surface area contributed by atoms with Gasteiger partial charge in [0.15, 0.2) is 0 Å². The van der Waals surface area contributed by atoms with Crippen molar-refractivity contribution in [3.05, 3.63) is 0 Å². The molecule has 0 amide bonds. The van der Waals surface area contributed by atoms with Gasteiger partial charge in [-0.25, -0.2) is 4.79 Å². The van der Waals surface area contributed by atoms with Crippen LogP contribution in [0.5, 0.6) is 0 Å². The Morgan fingerprint density at radius 1 is 1.10 bits per heavy atom. The number of aliphatic hydroxyl groups excluding tert-OH is 1. The van der Waals surface area contributed by atoms with Gasteiger partial charge in [-0.1, -0.05) is 64.7 Å². The van der Waals surface area contributed by atoms with Crippen LogP contribution >= 0.6 is 0 Å². The number of ether oxygens (including phenoxy) is 2. The van der Waals surface area contributed by atoms with E-state index in [0.29, 0.717) is 6.42 Å². The zero-order valence-corrected chi connectivity index (χ0v) is 13.5. The number of cyclic esters (lactones) is 1. The quantitative estimate of drug-likeness (QED) is 0.361. The third-order valence-electron chi connectivity index (χ3n) is 4.80. The van der Waals surface area contributed by atoms with Crippen LogP contribution in [0, 0.1) is 0 Å². The molecule has 2 rings (SSSR count). The molecule has 2 aliphatic rings. The van der Waals surface area contributed by atoms with Crippen molar-refractivity contribution in [2.45, 2.75) is 102 Å². The molecule has 0 saturated carbocycles. The van der Waals surface area contributed by atoms with Crippen LogP contribution in [-0.4, -0.2) is 35.0 Å². The zero-order valence-electron chi connectivity index (χ0n) is 13.5. The van der Waals surface area contributed by atoms with E-state index in [2.05, 4.69) is 6.92 Å². The molecule has 4 nitrogen and oxygen atoms in total. The first-order valence-corrected chi connectivity index (χ1v) is 8.70. The van der Waals surface area contributed by atoms with Gasteiger partial charge in [0.05, 0.1) is 6.10 Å². The van der Waals surface area contributed by atoms with Gasteiger partial charge in [-0.05, 0) is 13.3 Å². The van der Waals surface area contributed by atoms with Crippen LogP contribution in [-0.2, 0) is 14.3 Å². The van der Waals surface area contributed by atoms with Gasteiger partial charge < -0.3 is 14.6 Å². The summed E-state index contributed by atoms with van der Waals surface area (Å²) in [4.78, 5) is 11.7. The predicted octanol–water partition coefficient (Wildman–Crippen LogP) is 3.35. The lowest BCUT2D eigenvalue weighted by Crippen LogP contribution is -2.37. The van der Waals surface area contributed by atoms with Crippen molar-refractivity contribution in [2.75, 3.05) is 0 Å². The summed E-state index contributed by atoms with van der Waals surface area (Å²) >= 11 is 0. The molecular formula is C17H30O4. The fourth-order valence-corrected chi connectivity index (χ4v) is 3.37. The van der Waals surface area contributed by atoms with Gasteiger partial charge in [0.25, 0.3) is 0 Å². The fraction of sp³-hybridized carbons (Fsp3) is 0.941. The molecule has 2 saturated heterocycles. The third kappa shape index (κ3) is 3.78. The third-order valence-corrected chi connectivity index (χ3v) is 4.80. The number of hydrogen-bond donors (Lipinski definition) is 1. The van der Waals surface area contributed by atoms with Crippen molar-refractivity contribution in [3.63, 3.8) is 0 Å². The van der Waals surface area contributed by atoms with Crippen molar-refractivity contribution in [1.82, 2.24) is 0 Å². The largest absolute Gasteiger partial charge is 0.457 e. The summed E-state index contributed by atoms with van der Waals surface area (Å²) in [6, 6.07) is 0. The van der Waals surface area contributed by atoms with Gasteiger partial charge in [-0.15, -0.1) is 0 Å². The summed E-state index contributed by atoms with van der Waals surface area (Å²) < 4.78 is 10.6. The van der Waals surface area contributed by atoms with Crippen LogP contribution in [0.25, 0.3) is 0 Å². The Bertz CT molecular complexity index is 344. The molecule has 0 radical (unpaired) electrons. The Morgan fingerprint density at radius 3 is 2.14 bits per heavy atom. The summed E-state index contributed by atoms with van der Waals surface area (Å²) in [6.45, 7) is 4.06. The Kier molecular flexibility index (Phi) is 6.06. The molecule has 0 aromatic carbocycles. The van der Waals surface area contributed by atoms with E-state index in [9.17, 15) is 9.90 Å². The molecule has 1 unspecified atom stereocenters. The summed E-state index contributed by atoms with van der Waals surface area (Å²) in [5.74, 6) is -0.372. The smallest absolute Gasteiger partial charge is 0.344 e. The van der Waals surface area contributed by atoms with Gasteiger partial charge >= 0.3 is 5.97 Å². The van der Waals surface area contributed by atoms with Crippen LogP contribution in [0.2, 0.25) is 0 Å². The molecule has 4 atom stereocenters. The number of epoxide rings is 1. The van der Waals surface area contributed by atoms with Crippen molar-refractivity contribution >= 4 is 5.97 Å². The SMILES string of the molecule is CCCCCCCCCCCC(O)[C@]12O[C@H]1[C@H](C)OC2=O. The first-order valence-electron chi connectivity index (χ1n) is 8.70. The summed E-state index contributed by atoms with van der Waals surface area (Å²) in [6.07, 6.45) is 10.7. The standard InChI is InChI=1S/C17H30O4/c1-3-4-5-6-7-8-9-10-11-12-14(18)17-15(21-17)13(2)20-16(17)19/h13-15,18H,3-12H2,1-2H3/t13-,14?,15-,17-/m0/s1. The minimum atomic E-state index is -1.01. The Morgan fingerprint density at radius 2 is 1.67 bits per heavy atom. The number of unbranched alkanes of at least 4 members (excludes halogenated alkanes) is 8. The van der Waals surface area contributed by atoms with Crippen LogP contribution < -0.4 is 0 Å². The minimum Gasteiger partial charge on any atom is -0.457 e. The van der Waals surface area contributed by atoms with E-state index in [1.807, 2.05) is 6.92 Å². The van der Waals surface area contributed by atoms with Gasteiger partial charge in [0.1, 0.15) is 12.2 Å². The average molecular weight is 298 g/mol. The van der Waals surface area contributed by atoms with E-state index >= 15 is 0 Å². The van der Waals surface area contributed by atoms with Crippen LogP contribution in [0.4, 0.5) is 0 Å². The highest BCUT2D eigenvalue weighted by Crippen LogP contribution is 2.50. The molecule has 0 aliphatic carbocycles. The second kappa shape index (κ2) is 7.59. The number of carbonyl (C=O) groups is 1. The van der Waals surface area contributed by atoms with Crippen molar-refractivity contribution in [3.8, 4) is 0 Å². The van der Waals surface area contributed by atoms with Gasteiger partial charge in [0, 0.05) is 0 Å². The molecule has 2 heterocycles. The van der Waals surface area contributed by atoms with E-state index in [4.69, 9.17) is 9.47 Å². The monoisotopic (exact) mass is 298 g/mol. The second-order valence-corrected chi connectivity index (χ2v) is 6.57. The average Bonchev–Trinajstić information content (AvgIpc) is 3.17. The first kappa shape index (κ1) is 16.8. The van der Waals surface area contributed by atoms with Crippen LogP contribution in [0.1, 0.15) is 78.1 Å². The summed E-state index contributed by atoms with van der Waals surface area (Å²) in [5.41, 5.74) is -1.01. The van der Waals surface area contributed by atoms with E-state index in [1.165, 1.54) is 44.9 Å². The number of rotatable bonds is 11. The summed E-state index contributed by atoms with van der Waals surface area (Å²) in [7, 11) is 0. The fourth-order valence-electron chi connectivity index (χ4n) is 3.37. The number of aliphatic hydroxyl groups is 1. The molecular weight excluding hydrogens is 268 g/mol. The maximum Gasteiger partial charge on any atom is 0.344 e. The number of fused-ring (bicyclic) bond motifs is 1. The Balaban J connectivity index is 1.51. The van der Waals surface area contributed by atoms with E-state index in [1.54, 1.807) is 0 Å². The molecule has 0 aromatic heterocycles. The number of carbonyl (C=O) groups excluding carboxylic acids is 1. The van der Waals surface area contributed by atoms with Gasteiger partial charge in [-0.2, -0.15) is 0 Å². The van der Waals surface area contributed by atoms with E-state index < -0.39 is 11.7 Å². The maximum atomic E-state index is 11.7. The molecule has 4 heteroatoms. The highest BCUT2D eigenvalue weighted by atomic mass is 16.7. The predicted molar refractivity (Wildman–Crippen MR) is 81.0 cm³/mol. The molecule has 0 bridgehead atoms. The number of hydrogen-bond acceptors (Lipinski definition) is 4. The van der Waals surface area contributed by atoms with Crippen molar-refractivity contribution < 1.29 is 19.4 Å². The Hall–Kier alpha value is -0.610. The topological polar surface area (TPSA) is 59.1 Å². The van der Waals surface area contributed by atoms with Crippen LogP contribution in [0.15, 0.2) is 0 Å². The lowest BCUT2D eigenvalue weighted by Gasteiger charge is -2.14. The normalized spacial score (nSPS) is 31.9. The Labute approximate surface area is 128 Å². The molecule has 0 aromatic rings. The molecule has 1 N–H and O–H groups in total. The second-order valence-electron chi connectivity index (χ2n) is 6.57. The highest BCUT2D eigenvalue weighted by Gasteiger charge is 2.75. The lowest BCUT2D eigenvalue weighted by atomic mass is 9.94. The molecule has 21 heavy (non-hydrogen) atoms. The molecule has 0 spiro atoms. The van der Waals surface area contributed by atoms with Gasteiger partial charge in [0.2, 0.25) is 5.60 Å². The highest BCUT2D eigenvalue weighted by molar-refractivity contribution is 5.87.